The van der Waals surface area contributed by atoms with Crippen molar-refractivity contribution >= 4 is 37.3 Å². The van der Waals surface area contributed by atoms with Crippen LogP contribution in [0.5, 0.6) is 11.5 Å². The lowest BCUT2D eigenvalue weighted by Gasteiger charge is -2.27. The Morgan fingerprint density at radius 2 is 1.60 bits per heavy atom. The maximum atomic E-state index is 13.7. The molecule has 1 aliphatic heterocycles. The Morgan fingerprint density at radius 3 is 2.27 bits per heavy atom. The van der Waals surface area contributed by atoms with Crippen LogP contribution in [-0.4, -0.2) is 73.6 Å². The molecule has 0 atom stereocenters. The third-order valence-corrected chi connectivity index (χ3v) is 9.77. The molecule has 13 heteroatoms. The first-order valence-corrected chi connectivity index (χ1v) is 15.4. The quantitative estimate of drug-likeness (QED) is 0.361. The van der Waals surface area contributed by atoms with Crippen LogP contribution in [0.1, 0.15) is 6.92 Å². The monoisotopic (exact) mass is 589 g/mol. The van der Waals surface area contributed by atoms with Gasteiger partial charge in [-0.05, 0) is 49.4 Å². The summed E-state index contributed by atoms with van der Waals surface area (Å²) >= 11 is 0. The number of benzene rings is 3. The van der Waals surface area contributed by atoms with Crippen molar-refractivity contribution in [2.45, 2.75) is 16.7 Å². The molecule has 1 saturated heterocycles. The SMILES string of the molecule is CCOc1ccccc1N(CC(=O)Nc1cc(S(=O)(=O)N2CCOCC2)ccc1OC)S(=O)(=O)c1ccccc1. The van der Waals surface area contributed by atoms with Gasteiger partial charge in [-0.3, -0.25) is 9.10 Å². The average molecular weight is 590 g/mol. The fourth-order valence-electron chi connectivity index (χ4n) is 4.16. The van der Waals surface area contributed by atoms with Crippen LogP contribution in [0, 0.1) is 0 Å². The van der Waals surface area contributed by atoms with Crippen LogP contribution < -0.4 is 19.1 Å². The number of ether oxygens (including phenoxy) is 3. The van der Waals surface area contributed by atoms with Gasteiger partial charge in [0, 0.05) is 13.1 Å². The summed E-state index contributed by atoms with van der Waals surface area (Å²) < 4.78 is 72.4. The van der Waals surface area contributed by atoms with Crippen LogP contribution >= 0.6 is 0 Å². The van der Waals surface area contributed by atoms with Gasteiger partial charge in [0.2, 0.25) is 15.9 Å². The summed E-state index contributed by atoms with van der Waals surface area (Å²) in [5, 5.41) is 2.63. The lowest BCUT2D eigenvalue weighted by Crippen LogP contribution is -2.40. The normalized spacial score (nSPS) is 14.3. The smallest absolute Gasteiger partial charge is 0.264 e. The number of nitrogens with one attached hydrogen (secondary N) is 1. The van der Waals surface area contributed by atoms with E-state index < -0.39 is 32.5 Å². The highest BCUT2D eigenvalue weighted by Crippen LogP contribution is 2.33. The highest BCUT2D eigenvalue weighted by atomic mass is 32.2. The number of amides is 1. The number of carbonyl (C=O) groups is 1. The Balaban J connectivity index is 1.68. The third kappa shape index (κ3) is 6.39. The van der Waals surface area contributed by atoms with Crippen LogP contribution in [0.25, 0.3) is 0 Å². The fourth-order valence-corrected chi connectivity index (χ4v) is 7.05. The number of hydrogen-bond acceptors (Lipinski definition) is 8. The van der Waals surface area contributed by atoms with Gasteiger partial charge in [-0.2, -0.15) is 4.31 Å². The summed E-state index contributed by atoms with van der Waals surface area (Å²) in [7, 11) is -6.68. The van der Waals surface area contributed by atoms with Crippen molar-refractivity contribution in [3.63, 3.8) is 0 Å². The van der Waals surface area contributed by atoms with Crippen molar-refractivity contribution in [2.24, 2.45) is 0 Å². The molecule has 0 bridgehead atoms. The molecule has 4 rings (SSSR count). The molecule has 0 unspecified atom stereocenters. The molecule has 0 spiro atoms. The van der Waals surface area contributed by atoms with E-state index in [1.165, 1.54) is 41.7 Å². The van der Waals surface area contributed by atoms with Gasteiger partial charge in [-0.1, -0.05) is 30.3 Å². The zero-order valence-electron chi connectivity index (χ0n) is 22.1. The van der Waals surface area contributed by atoms with Gasteiger partial charge < -0.3 is 19.5 Å². The zero-order valence-corrected chi connectivity index (χ0v) is 23.8. The number of anilines is 2. The lowest BCUT2D eigenvalue weighted by atomic mass is 10.2. The van der Waals surface area contributed by atoms with E-state index in [4.69, 9.17) is 14.2 Å². The molecule has 0 aromatic heterocycles. The van der Waals surface area contributed by atoms with Gasteiger partial charge in [0.25, 0.3) is 10.0 Å². The molecule has 0 radical (unpaired) electrons. The summed E-state index contributed by atoms with van der Waals surface area (Å²) in [5.74, 6) is -0.222. The first-order chi connectivity index (χ1) is 19.2. The highest BCUT2D eigenvalue weighted by Gasteiger charge is 2.31. The van der Waals surface area contributed by atoms with E-state index in [2.05, 4.69) is 5.32 Å². The molecule has 11 nitrogen and oxygen atoms in total. The lowest BCUT2D eigenvalue weighted by molar-refractivity contribution is -0.114. The number of methoxy groups -OCH3 is 1. The number of carbonyl (C=O) groups excluding carboxylic acids is 1. The van der Waals surface area contributed by atoms with E-state index in [9.17, 15) is 21.6 Å². The maximum Gasteiger partial charge on any atom is 0.264 e. The number of para-hydroxylation sites is 2. The molecular formula is C27H31N3O8S2. The second-order valence-corrected chi connectivity index (χ2v) is 12.5. The predicted octanol–water partition coefficient (Wildman–Crippen LogP) is 2.95. The largest absolute Gasteiger partial charge is 0.495 e. The molecule has 3 aromatic rings. The van der Waals surface area contributed by atoms with Crippen LogP contribution in [0.4, 0.5) is 11.4 Å². The van der Waals surface area contributed by atoms with Crippen molar-refractivity contribution in [3.8, 4) is 11.5 Å². The van der Waals surface area contributed by atoms with Gasteiger partial charge in [-0.15, -0.1) is 0 Å². The van der Waals surface area contributed by atoms with Crippen molar-refractivity contribution in [1.82, 2.24) is 4.31 Å². The summed E-state index contributed by atoms with van der Waals surface area (Å²) in [5.41, 5.74) is 0.260. The average Bonchev–Trinajstić information content (AvgIpc) is 2.97. The van der Waals surface area contributed by atoms with E-state index in [1.807, 2.05) is 0 Å². The van der Waals surface area contributed by atoms with Crippen LogP contribution in [0.2, 0.25) is 0 Å². The third-order valence-electron chi connectivity index (χ3n) is 6.11. The molecular weight excluding hydrogens is 558 g/mol. The van der Waals surface area contributed by atoms with Crippen molar-refractivity contribution in [1.29, 1.82) is 0 Å². The molecule has 3 aromatic carbocycles. The van der Waals surface area contributed by atoms with Crippen LogP contribution in [0.3, 0.4) is 0 Å². The van der Waals surface area contributed by atoms with E-state index in [0.29, 0.717) is 0 Å². The minimum Gasteiger partial charge on any atom is -0.495 e. The molecule has 1 N–H and O–H groups in total. The standard InChI is InChI=1S/C27H31N3O8S2/c1-3-38-26-12-8-7-11-24(26)30(40(34,35)21-9-5-4-6-10-21)20-27(31)28-23-19-22(13-14-25(23)36-2)39(32,33)29-15-17-37-18-16-29/h4-14,19H,3,15-18,20H2,1-2H3,(H,28,31). The Bertz CT molecular complexity index is 1540. The Morgan fingerprint density at radius 1 is 0.925 bits per heavy atom. The highest BCUT2D eigenvalue weighted by molar-refractivity contribution is 7.93. The Kier molecular flexibility index (Phi) is 9.30. The van der Waals surface area contributed by atoms with Gasteiger partial charge in [0.15, 0.2) is 0 Å². The van der Waals surface area contributed by atoms with Gasteiger partial charge >= 0.3 is 0 Å². The summed E-state index contributed by atoms with van der Waals surface area (Å²) in [6, 6.07) is 18.4. The topological polar surface area (TPSA) is 132 Å². The summed E-state index contributed by atoms with van der Waals surface area (Å²) in [4.78, 5) is 13.3. The molecule has 214 valence electrons. The van der Waals surface area contributed by atoms with Crippen molar-refractivity contribution in [2.75, 3.05) is 56.2 Å². The zero-order chi connectivity index (χ0) is 28.8. The minimum atomic E-state index is -4.20. The van der Waals surface area contributed by atoms with Gasteiger partial charge in [-0.25, -0.2) is 16.8 Å². The Hall–Kier alpha value is -3.65. The number of rotatable bonds is 11. The Labute approximate surface area is 234 Å². The van der Waals surface area contributed by atoms with Gasteiger partial charge in [0.1, 0.15) is 18.0 Å². The maximum absolute atomic E-state index is 13.7. The second kappa shape index (κ2) is 12.7. The predicted molar refractivity (Wildman–Crippen MR) is 150 cm³/mol. The molecule has 40 heavy (non-hydrogen) atoms. The van der Waals surface area contributed by atoms with Crippen LogP contribution in [-0.2, 0) is 29.6 Å². The number of nitrogens with zero attached hydrogens (tertiary/aromatic N) is 2. The second-order valence-electron chi connectivity index (χ2n) is 8.65. The molecule has 1 amide bonds. The summed E-state index contributed by atoms with van der Waals surface area (Å²) in [6.45, 7) is 2.42. The summed E-state index contributed by atoms with van der Waals surface area (Å²) in [6.07, 6.45) is 0. The van der Waals surface area contributed by atoms with E-state index >= 15 is 0 Å². The molecule has 1 aliphatic rings. The van der Waals surface area contributed by atoms with Crippen molar-refractivity contribution < 1.29 is 35.8 Å². The number of morpholine rings is 1. The molecule has 1 fully saturated rings. The minimum absolute atomic E-state index is 0.00900. The molecule has 1 heterocycles. The molecule has 0 saturated carbocycles. The van der Waals surface area contributed by atoms with E-state index in [-0.39, 0.29) is 65.6 Å². The van der Waals surface area contributed by atoms with E-state index in [1.54, 1.807) is 49.4 Å². The molecule has 0 aliphatic carbocycles. The number of sulfonamides is 2. The fraction of sp³-hybridized carbons (Fsp3) is 0.296. The van der Waals surface area contributed by atoms with Gasteiger partial charge in [0.05, 0.1) is 48.1 Å². The van der Waals surface area contributed by atoms with Crippen LogP contribution in [0.15, 0.2) is 82.6 Å². The van der Waals surface area contributed by atoms with E-state index in [0.717, 1.165) is 4.31 Å². The van der Waals surface area contributed by atoms with Crippen molar-refractivity contribution in [3.05, 3.63) is 72.8 Å². The first kappa shape index (κ1) is 29.3. The first-order valence-electron chi connectivity index (χ1n) is 12.5. The number of hydrogen-bond donors (Lipinski definition) is 1.